The van der Waals surface area contributed by atoms with Gasteiger partial charge in [0.05, 0.1) is 23.1 Å². The normalized spacial score (nSPS) is 17.0. The molecule has 5 heterocycles. The highest BCUT2D eigenvalue weighted by atomic mass is 32.1. The van der Waals surface area contributed by atoms with Crippen LogP contribution in [0.15, 0.2) is 54.7 Å². The van der Waals surface area contributed by atoms with E-state index < -0.39 is 11.6 Å². The highest BCUT2D eigenvalue weighted by Crippen LogP contribution is 2.46. The maximum atomic E-state index is 16.0. The number of ether oxygens (including phenoxy) is 1. The summed E-state index contributed by atoms with van der Waals surface area (Å²) in [5.41, 5.74) is 4.90. The predicted octanol–water partition coefficient (Wildman–Crippen LogP) is 6.45. The van der Waals surface area contributed by atoms with Gasteiger partial charge in [-0.2, -0.15) is 0 Å². The Morgan fingerprint density at radius 1 is 1.24 bits per heavy atom. The number of likely N-dealkylation sites (N-methyl/N-ethyl adjacent to an activating group) is 1. The summed E-state index contributed by atoms with van der Waals surface area (Å²) in [5, 5.41) is 14.5. The van der Waals surface area contributed by atoms with Crippen molar-refractivity contribution in [3.05, 3.63) is 83.3 Å². The summed E-state index contributed by atoms with van der Waals surface area (Å²) in [6.45, 7) is 9.96. The Bertz CT molecular complexity index is 1870. The highest BCUT2D eigenvalue weighted by molar-refractivity contribution is 7.18. The number of allylic oxidation sites excluding steroid dienone is 1. The van der Waals surface area contributed by atoms with Crippen molar-refractivity contribution in [1.29, 1.82) is 5.41 Å². The fourth-order valence-corrected chi connectivity index (χ4v) is 7.08. The Morgan fingerprint density at radius 3 is 2.83 bits per heavy atom. The van der Waals surface area contributed by atoms with E-state index in [-0.39, 0.29) is 29.4 Å². The summed E-state index contributed by atoms with van der Waals surface area (Å²) in [7, 11) is 2.08. The van der Waals surface area contributed by atoms with E-state index in [0.29, 0.717) is 42.0 Å². The van der Waals surface area contributed by atoms with Crippen molar-refractivity contribution in [1.82, 2.24) is 25.1 Å². The number of nitrogens with zero attached hydrogens (tertiary/aromatic N) is 4. The third-order valence-electron chi connectivity index (χ3n) is 8.32. The van der Waals surface area contributed by atoms with Crippen LogP contribution in [0.1, 0.15) is 37.2 Å². The second-order valence-electron chi connectivity index (χ2n) is 12.0. The molecule has 0 saturated carbocycles. The Labute approximate surface area is 270 Å². The zero-order chi connectivity index (χ0) is 32.5. The number of nitrogens with one attached hydrogen (secondary N) is 2. The van der Waals surface area contributed by atoms with Gasteiger partial charge < -0.3 is 25.3 Å². The summed E-state index contributed by atoms with van der Waals surface area (Å²) in [5.74, 6) is -1.61. The van der Waals surface area contributed by atoms with Gasteiger partial charge in [0.25, 0.3) is 0 Å². The lowest BCUT2D eigenvalue weighted by Crippen LogP contribution is -2.32. The molecule has 4 aromatic rings. The lowest BCUT2D eigenvalue weighted by molar-refractivity contribution is -0.125. The molecule has 11 heteroatoms. The average Bonchev–Trinajstić information content (AvgIpc) is 3.71. The molecule has 1 amide bonds. The number of pyridine rings is 2. The summed E-state index contributed by atoms with van der Waals surface area (Å²) in [6.07, 6.45) is 7.23. The molecule has 8 nitrogen and oxygen atoms in total. The minimum atomic E-state index is -0.786. The van der Waals surface area contributed by atoms with Crippen molar-refractivity contribution in [2.45, 2.75) is 45.4 Å². The first-order valence-electron chi connectivity index (χ1n) is 15.3. The van der Waals surface area contributed by atoms with Crippen LogP contribution in [-0.2, 0) is 17.8 Å². The van der Waals surface area contributed by atoms with Gasteiger partial charge in [-0.05, 0) is 56.5 Å². The van der Waals surface area contributed by atoms with E-state index in [9.17, 15) is 9.18 Å². The SMILES string of the molecule is C=CC(=O)N1CC[C@H](N/C=C(\C=N)c2nc(-c3cnc4c(c3)CN(C)CC4)c3ccsc3c2-c2c(F)cc(F)cc2OC(C)C)C1. The number of hydrogen-bond acceptors (Lipinski definition) is 8. The maximum Gasteiger partial charge on any atom is 0.246 e. The molecule has 3 aromatic heterocycles. The van der Waals surface area contributed by atoms with Gasteiger partial charge in [0.1, 0.15) is 17.4 Å². The molecule has 0 radical (unpaired) electrons. The second-order valence-corrected chi connectivity index (χ2v) is 12.9. The lowest BCUT2D eigenvalue weighted by Gasteiger charge is -2.24. The number of rotatable bonds is 9. The molecule has 46 heavy (non-hydrogen) atoms. The summed E-state index contributed by atoms with van der Waals surface area (Å²) < 4.78 is 37.2. The minimum absolute atomic E-state index is 0.0585. The lowest BCUT2D eigenvalue weighted by atomic mass is 9.94. The van der Waals surface area contributed by atoms with Crippen LogP contribution in [0.2, 0.25) is 0 Å². The molecule has 0 unspecified atom stereocenters. The Morgan fingerprint density at radius 2 is 2.07 bits per heavy atom. The van der Waals surface area contributed by atoms with E-state index in [1.54, 1.807) is 24.9 Å². The number of aromatic nitrogens is 2. The molecular formula is C35H36F2N6O2S. The fraction of sp³-hybridized carbons (Fsp3) is 0.314. The number of fused-ring (bicyclic) bond motifs is 2. The molecule has 238 valence electrons. The van der Waals surface area contributed by atoms with Gasteiger partial charge in [0, 0.05) is 102 Å². The maximum absolute atomic E-state index is 16.0. The summed E-state index contributed by atoms with van der Waals surface area (Å²) in [4.78, 5) is 26.1. The summed E-state index contributed by atoms with van der Waals surface area (Å²) >= 11 is 1.42. The largest absolute Gasteiger partial charge is 0.490 e. The Kier molecular flexibility index (Phi) is 8.97. The van der Waals surface area contributed by atoms with Crippen LogP contribution in [0.5, 0.6) is 5.75 Å². The molecule has 1 atom stereocenters. The van der Waals surface area contributed by atoms with Crippen molar-refractivity contribution < 1.29 is 18.3 Å². The second kappa shape index (κ2) is 13.1. The molecule has 2 aliphatic rings. The van der Waals surface area contributed by atoms with Gasteiger partial charge >= 0.3 is 0 Å². The topological polar surface area (TPSA) is 94.4 Å². The molecule has 2 N–H and O–H groups in total. The van der Waals surface area contributed by atoms with Gasteiger partial charge in [0.15, 0.2) is 0 Å². The quantitative estimate of drug-likeness (QED) is 0.161. The van der Waals surface area contributed by atoms with Crippen molar-refractivity contribution in [2.75, 3.05) is 26.7 Å². The van der Waals surface area contributed by atoms with E-state index >= 15 is 4.39 Å². The van der Waals surface area contributed by atoms with Crippen molar-refractivity contribution in [2.24, 2.45) is 0 Å². The number of likely N-dealkylation sites (tertiary alicyclic amines) is 1. The third kappa shape index (κ3) is 6.17. The first-order valence-corrected chi connectivity index (χ1v) is 16.2. The fourth-order valence-electron chi connectivity index (χ4n) is 6.13. The van der Waals surface area contributed by atoms with Crippen LogP contribution in [0, 0.1) is 17.0 Å². The van der Waals surface area contributed by atoms with Crippen LogP contribution in [0.4, 0.5) is 8.78 Å². The molecule has 2 aliphatic heterocycles. The van der Waals surface area contributed by atoms with E-state index in [0.717, 1.165) is 52.5 Å². The Hall–Kier alpha value is -4.48. The van der Waals surface area contributed by atoms with Crippen LogP contribution in [0.25, 0.3) is 38.0 Å². The highest BCUT2D eigenvalue weighted by Gasteiger charge is 2.28. The molecule has 1 aromatic carbocycles. The first-order chi connectivity index (χ1) is 22.2. The molecule has 0 aliphatic carbocycles. The zero-order valence-corrected chi connectivity index (χ0v) is 26.9. The number of thiophene rings is 1. The van der Waals surface area contributed by atoms with Crippen LogP contribution >= 0.6 is 11.3 Å². The summed E-state index contributed by atoms with van der Waals surface area (Å²) in [6, 6.07) is 6.04. The minimum Gasteiger partial charge on any atom is -0.490 e. The standard InChI is InChI=1S/C35H36F2N6O2S/c1-5-30(44)43-10-6-25(19-43)39-17-23(15-38)34-32(31-27(37)13-24(36)14-29(31)45-20(2)3)35-26(8-11-46-35)33(41-34)21-12-22-18-42(4)9-7-28(22)40-16-21/h5,8,11-17,20,25,38-39H,1,6-7,9-10,18-19H2,2-4H3/b23-17+,38-15?/t25-/m0/s1. The number of amides is 1. The van der Waals surface area contributed by atoms with Gasteiger partial charge in [-0.15, -0.1) is 11.3 Å². The smallest absolute Gasteiger partial charge is 0.246 e. The number of benzene rings is 1. The molecular weight excluding hydrogens is 606 g/mol. The number of halogens is 2. The van der Waals surface area contributed by atoms with E-state index in [1.165, 1.54) is 29.7 Å². The average molecular weight is 643 g/mol. The van der Waals surface area contributed by atoms with E-state index in [1.807, 2.05) is 17.6 Å². The monoisotopic (exact) mass is 642 g/mol. The molecule has 0 spiro atoms. The zero-order valence-electron chi connectivity index (χ0n) is 26.1. The predicted molar refractivity (Wildman–Crippen MR) is 179 cm³/mol. The van der Waals surface area contributed by atoms with E-state index in [2.05, 4.69) is 29.9 Å². The first kappa shape index (κ1) is 31.5. The van der Waals surface area contributed by atoms with E-state index in [4.69, 9.17) is 20.1 Å². The van der Waals surface area contributed by atoms with Crippen LogP contribution in [-0.4, -0.2) is 70.7 Å². The van der Waals surface area contributed by atoms with Crippen molar-refractivity contribution in [3.8, 4) is 28.1 Å². The van der Waals surface area contributed by atoms with Gasteiger partial charge in [-0.1, -0.05) is 6.58 Å². The third-order valence-corrected chi connectivity index (χ3v) is 9.25. The van der Waals surface area contributed by atoms with Gasteiger partial charge in [-0.25, -0.2) is 13.8 Å². The number of carbonyl (C=O) groups excluding carboxylic acids is 1. The van der Waals surface area contributed by atoms with Crippen LogP contribution in [0.3, 0.4) is 0 Å². The number of carbonyl (C=O) groups is 1. The number of hydrogen-bond donors (Lipinski definition) is 2. The van der Waals surface area contributed by atoms with Gasteiger partial charge in [-0.3, -0.25) is 9.78 Å². The van der Waals surface area contributed by atoms with Gasteiger partial charge in [0.2, 0.25) is 5.91 Å². The Balaban J connectivity index is 1.55. The molecule has 6 rings (SSSR count). The molecule has 1 fully saturated rings. The molecule has 0 bridgehead atoms. The van der Waals surface area contributed by atoms with Crippen molar-refractivity contribution >= 4 is 39.1 Å². The molecule has 1 saturated heterocycles. The van der Waals surface area contributed by atoms with Crippen LogP contribution < -0.4 is 10.1 Å². The van der Waals surface area contributed by atoms with Crippen molar-refractivity contribution in [3.63, 3.8) is 0 Å².